The van der Waals surface area contributed by atoms with E-state index >= 15 is 0 Å². The molecular formula is C15H25NO3. The summed E-state index contributed by atoms with van der Waals surface area (Å²) in [4.78, 5) is 0. The Morgan fingerprint density at radius 1 is 1.16 bits per heavy atom. The van der Waals surface area contributed by atoms with E-state index < -0.39 is 0 Å². The number of aliphatic hydroxyl groups excluding tert-OH is 1. The van der Waals surface area contributed by atoms with Crippen LogP contribution in [0.5, 0.6) is 11.5 Å². The van der Waals surface area contributed by atoms with E-state index in [1.165, 1.54) is 0 Å². The van der Waals surface area contributed by atoms with Crippen molar-refractivity contribution in [1.29, 1.82) is 0 Å². The number of rotatable bonds is 10. The van der Waals surface area contributed by atoms with Crippen molar-refractivity contribution < 1.29 is 14.6 Å². The van der Waals surface area contributed by atoms with Crippen LogP contribution in [0.25, 0.3) is 0 Å². The zero-order valence-electron chi connectivity index (χ0n) is 11.9. The molecule has 0 aromatic heterocycles. The molecule has 4 heteroatoms. The molecule has 2 N–H and O–H groups in total. The average molecular weight is 267 g/mol. The van der Waals surface area contributed by atoms with Gasteiger partial charge < -0.3 is 19.9 Å². The summed E-state index contributed by atoms with van der Waals surface area (Å²) in [5, 5.41) is 11.8. The van der Waals surface area contributed by atoms with Crippen LogP contribution >= 0.6 is 0 Å². The fourth-order valence-electron chi connectivity index (χ4n) is 1.88. The highest BCUT2D eigenvalue weighted by molar-refractivity contribution is 5.40. The van der Waals surface area contributed by atoms with E-state index in [-0.39, 0.29) is 6.61 Å². The van der Waals surface area contributed by atoms with E-state index in [4.69, 9.17) is 14.6 Å². The van der Waals surface area contributed by atoms with Crippen LogP contribution in [-0.4, -0.2) is 32.5 Å². The standard InChI is InChI=1S/C15H25NO3/c1-16-12-13-7-8-14(18-2)11-15(13)19-10-6-4-3-5-9-17/h7-8,11,16-17H,3-6,9-10,12H2,1-2H3. The van der Waals surface area contributed by atoms with Crippen molar-refractivity contribution in [2.45, 2.75) is 32.2 Å². The average Bonchev–Trinajstić information content (AvgIpc) is 2.44. The number of benzene rings is 1. The smallest absolute Gasteiger partial charge is 0.127 e. The van der Waals surface area contributed by atoms with Crippen LogP contribution < -0.4 is 14.8 Å². The molecule has 1 aromatic carbocycles. The maximum Gasteiger partial charge on any atom is 0.127 e. The van der Waals surface area contributed by atoms with Gasteiger partial charge in [-0.2, -0.15) is 0 Å². The van der Waals surface area contributed by atoms with Gasteiger partial charge in [0.1, 0.15) is 11.5 Å². The highest BCUT2D eigenvalue weighted by atomic mass is 16.5. The minimum Gasteiger partial charge on any atom is -0.497 e. The third kappa shape index (κ3) is 5.94. The maximum atomic E-state index is 8.70. The van der Waals surface area contributed by atoms with Crippen LogP contribution in [0.1, 0.15) is 31.2 Å². The normalized spacial score (nSPS) is 10.5. The Bertz CT molecular complexity index is 355. The molecule has 0 fully saturated rings. The first kappa shape index (κ1) is 15.8. The van der Waals surface area contributed by atoms with Gasteiger partial charge in [0.25, 0.3) is 0 Å². The molecule has 0 spiro atoms. The first-order valence-corrected chi connectivity index (χ1v) is 6.87. The van der Waals surface area contributed by atoms with E-state index in [1.54, 1.807) is 7.11 Å². The summed E-state index contributed by atoms with van der Waals surface area (Å²) >= 11 is 0. The van der Waals surface area contributed by atoms with E-state index in [1.807, 2.05) is 25.2 Å². The van der Waals surface area contributed by atoms with E-state index in [0.717, 1.165) is 49.3 Å². The van der Waals surface area contributed by atoms with Crippen LogP contribution in [-0.2, 0) is 6.54 Å². The van der Waals surface area contributed by atoms with Crippen LogP contribution in [0.3, 0.4) is 0 Å². The van der Waals surface area contributed by atoms with Crippen molar-refractivity contribution in [3.05, 3.63) is 23.8 Å². The Balaban J connectivity index is 2.45. The molecule has 0 radical (unpaired) electrons. The van der Waals surface area contributed by atoms with Crippen molar-refractivity contribution in [2.75, 3.05) is 27.4 Å². The molecule has 0 saturated heterocycles. The maximum absolute atomic E-state index is 8.70. The van der Waals surface area contributed by atoms with Crippen molar-refractivity contribution in [1.82, 2.24) is 5.32 Å². The van der Waals surface area contributed by atoms with Crippen molar-refractivity contribution in [2.24, 2.45) is 0 Å². The van der Waals surface area contributed by atoms with Gasteiger partial charge in [0.2, 0.25) is 0 Å². The van der Waals surface area contributed by atoms with Gasteiger partial charge in [0.05, 0.1) is 13.7 Å². The lowest BCUT2D eigenvalue weighted by Crippen LogP contribution is -2.08. The summed E-state index contributed by atoms with van der Waals surface area (Å²) < 4.78 is 11.0. The molecule has 19 heavy (non-hydrogen) atoms. The number of aliphatic hydroxyl groups is 1. The van der Waals surface area contributed by atoms with Gasteiger partial charge >= 0.3 is 0 Å². The predicted molar refractivity (Wildman–Crippen MR) is 76.8 cm³/mol. The molecule has 4 nitrogen and oxygen atoms in total. The van der Waals surface area contributed by atoms with Gasteiger partial charge in [-0.25, -0.2) is 0 Å². The highest BCUT2D eigenvalue weighted by Crippen LogP contribution is 2.25. The number of methoxy groups -OCH3 is 1. The molecule has 1 rings (SSSR count). The quantitative estimate of drug-likeness (QED) is 0.639. The van der Waals surface area contributed by atoms with E-state index in [0.29, 0.717) is 6.61 Å². The van der Waals surface area contributed by atoms with Crippen LogP contribution in [0, 0.1) is 0 Å². The minimum atomic E-state index is 0.281. The number of unbranched alkanes of at least 4 members (excludes halogenated alkanes) is 3. The largest absolute Gasteiger partial charge is 0.497 e. The zero-order chi connectivity index (χ0) is 13.9. The Labute approximate surface area is 115 Å². The molecule has 0 atom stereocenters. The second kappa shape index (κ2) is 9.64. The Kier molecular flexibility index (Phi) is 8.02. The van der Waals surface area contributed by atoms with Gasteiger partial charge in [0, 0.05) is 24.8 Å². The fraction of sp³-hybridized carbons (Fsp3) is 0.600. The van der Waals surface area contributed by atoms with Gasteiger partial charge in [-0.05, 0) is 32.4 Å². The number of nitrogens with one attached hydrogen (secondary N) is 1. The summed E-state index contributed by atoms with van der Waals surface area (Å²) in [5.74, 6) is 1.70. The Morgan fingerprint density at radius 2 is 1.95 bits per heavy atom. The Hall–Kier alpha value is -1.26. The molecule has 0 heterocycles. The minimum absolute atomic E-state index is 0.281. The molecule has 0 aliphatic heterocycles. The number of ether oxygens (including phenoxy) is 2. The summed E-state index contributed by atoms with van der Waals surface area (Å²) in [6.45, 7) is 1.77. The molecule has 0 aliphatic carbocycles. The fourth-order valence-corrected chi connectivity index (χ4v) is 1.88. The SMILES string of the molecule is CNCc1ccc(OC)cc1OCCCCCCO. The molecule has 0 amide bonds. The second-order valence-corrected chi connectivity index (χ2v) is 4.49. The van der Waals surface area contributed by atoms with E-state index in [9.17, 15) is 0 Å². The predicted octanol–water partition coefficient (Wildman–Crippen LogP) is 2.35. The third-order valence-corrected chi connectivity index (χ3v) is 2.95. The molecule has 108 valence electrons. The lowest BCUT2D eigenvalue weighted by molar-refractivity contribution is 0.272. The Morgan fingerprint density at radius 3 is 2.63 bits per heavy atom. The van der Waals surface area contributed by atoms with Crippen molar-refractivity contribution in [3.63, 3.8) is 0 Å². The lowest BCUT2D eigenvalue weighted by atomic mass is 10.2. The molecule has 0 saturated carbocycles. The summed E-state index contributed by atoms with van der Waals surface area (Å²) in [6.07, 6.45) is 4.04. The number of hydrogen-bond acceptors (Lipinski definition) is 4. The summed E-state index contributed by atoms with van der Waals surface area (Å²) in [7, 11) is 3.58. The van der Waals surface area contributed by atoms with E-state index in [2.05, 4.69) is 5.32 Å². The van der Waals surface area contributed by atoms with Gasteiger partial charge in [-0.15, -0.1) is 0 Å². The molecular weight excluding hydrogens is 242 g/mol. The van der Waals surface area contributed by atoms with Gasteiger partial charge in [-0.3, -0.25) is 0 Å². The van der Waals surface area contributed by atoms with Gasteiger partial charge in [0.15, 0.2) is 0 Å². The first-order valence-electron chi connectivity index (χ1n) is 6.87. The topological polar surface area (TPSA) is 50.7 Å². The second-order valence-electron chi connectivity index (χ2n) is 4.49. The van der Waals surface area contributed by atoms with Crippen molar-refractivity contribution in [3.8, 4) is 11.5 Å². The molecule has 0 unspecified atom stereocenters. The molecule has 0 aliphatic rings. The zero-order valence-corrected chi connectivity index (χ0v) is 11.9. The third-order valence-electron chi connectivity index (χ3n) is 2.95. The monoisotopic (exact) mass is 267 g/mol. The summed E-state index contributed by atoms with van der Waals surface area (Å²) in [5.41, 5.74) is 1.14. The van der Waals surface area contributed by atoms with Crippen LogP contribution in [0.15, 0.2) is 18.2 Å². The summed E-state index contributed by atoms with van der Waals surface area (Å²) in [6, 6.07) is 5.90. The number of hydrogen-bond donors (Lipinski definition) is 2. The molecule has 0 bridgehead atoms. The lowest BCUT2D eigenvalue weighted by Gasteiger charge is -2.12. The van der Waals surface area contributed by atoms with Crippen LogP contribution in [0.2, 0.25) is 0 Å². The first-order chi connectivity index (χ1) is 9.31. The van der Waals surface area contributed by atoms with Gasteiger partial charge in [-0.1, -0.05) is 12.5 Å². The van der Waals surface area contributed by atoms with Crippen LogP contribution in [0.4, 0.5) is 0 Å². The molecule has 1 aromatic rings. The highest BCUT2D eigenvalue weighted by Gasteiger charge is 2.05. The van der Waals surface area contributed by atoms with Crippen molar-refractivity contribution >= 4 is 0 Å².